The Hall–Kier alpha value is -2.82. The lowest BCUT2D eigenvalue weighted by atomic mass is 9.98. The Morgan fingerprint density at radius 3 is 2.58 bits per heavy atom. The van der Waals surface area contributed by atoms with Gasteiger partial charge in [-0.05, 0) is 55.7 Å². The lowest BCUT2D eigenvalue weighted by Crippen LogP contribution is -2.38. The monoisotopic (exact) mass is 421 g/mol. The van der Waals surface area contributed by atoms with E-state index >= 15 is 0 Å². The van der Waals surface area contributed by atoms with Crippen LogP contribution in [-0.2, 0) is 6.54 Å². The van der Waals surface area contributed by atoms with Gasteiger partial charge in [-0.25, -0.2) is 9.78 Å². The zero-order valence-electron chi connectivity index (χ0n) is 19.0. The van der Waals surface area contributed by atoms with E-state index in [0.717, 1.165) is 37.8 Å². The number of aromatic nitrogens is 1. The molecule has 1 aromatic heterocycles. The maximum Gasteiger partial charge on any atom is 0.339 e. The molecule has 0 radical (unpaired) electrons. The number of carboxylic acid groups (broad SMARTS) is 1. The molecule has 1 heterocycles. The number of aromatic carboxylic acids is 1. The van der Waals surface area contributed by atoms with Crippen LogP contribution >= 0.6 is 0 Å². The number of hydrogen-bond donors (Lipinski definition) is 2. The molecule has 1 fully saturated rings. The molecule has 5 nitrogen and oxygen atoms in total. The molecule has 1 aliphatic rings. The van der Waals surface area contributed by atoms with Gasteiger partial charge in [0, 0.05) is 18.4 Å². The van der Waals surface area contributed by atoms with Gasteiger partial charge in [0.2, 0.25) is 0 Å². The van der Waals surface area contributed by atoms with Gasteiger partial charge in [0.15, 0.2) is 0 Å². The van der Waals surface area contributed by atoms with Gasteiger partial charge in [-0.1, -0.05) is 63.1 Å². The lowest BCUT2D eigenvalue weighted by Gasteiger charge is -2.34. The number of allylic oxidation sites excluding steroid dienone is 2. The minimum atomic E-state index is -0.934. The average Bonchev–Trinajstić information content (AvgIpc) is 3.32. The largest absolute Gasteiger partial charge is 0.478 e. The second-order valence-electron chi connectivity index (χ2n) is 8.34. The van der Waals surface area contributed by atoms with Crippen LogP contribution in [0.25, 0.3) is 0 Å². The summed E-state index contributed by atoms with van der Waals surface area (Å²) in [5.41, 5.74) is 3.77. The Labute approximate surface area is 186 Å². The number of benzene rings is 1. The molecule has 0 spiro atoms. The number of carboxylic acids is 1. The first-order valence-corrected chi connectivity index (χ1v) is 11.5. The van der Waals surface area contributed by atoms with E-state index in [1.54, 1.807) is 0 Å². The molecule has 2 aromatic rings. The molecule has 2 N–H and O–H groups in total. The average molecular weight is 422 g/mol. The standard InChI is InChI=1S/C26H35N3O2/c1-4-11-23(5-2)29(18-20-12-7-6-8-13-20)19(3)28-25-24(26(30)31)16-22(17-27-25)21-14-9-10-15-21/h6-8,11-13,16-17,19,21H,4-5,9-10,14-15,18H2,1-3H3,(H,27,28)(H,30,31)/b23-11+. The predicted molar refractivity (Wildman–Crippen MR) is 126 cm³/mol. The predicted octanol–water partition coefficient (Wildman–Crippen LogP) is 6.40. The molecule has 1 aliphatic carbocycles. The molecule has 1 saturated carbocycles. The molecule has 1 unspecified atom stereocenters. The molecular formula is C26H35N3O2. The second kappa shape index (κ2) is 11.0. The van der Waals surface area contributed by atoms with E-state index in [-0.39, 0.29) is 11.7 Å². The summed E-state index contributed by atoms with van der Waals surface area (Å²) >= 11 is 0. The van der Waals surface area contributed by atoms with Crippen LogP contribution in [0, 0.1) is 0 Å². The maximum atomic E-state index is 12.0. The molecule has 0 bridgehead atoms. The number of nitrogens with zero attached hydrogens (tertiary/aromatic N) is 2. The first kappa shape index (κ1) is 22.9. The van der Waals surface area contributed by atoms with Gasteiger partial charge in [-0.3, -0.25) is 0 Å². The zero-order chi connectivity index (χ0) is 22.2. The number of nitrogens with one attached hydrogen (secondary N) is 1. The van der Waals surface area contributed by atoms with Crippen LogP contribution < -0.4 is 5.32 Å². The van der Waals surface area contributed by atoms with Crippen molar-refractivity contribution >= 4 is 11.8 Å². The van der Waals surface area contributed by atoms with Crippen LogP contribution in [0.5, 0.6) is 0 Å². The van der Waals surface area contributed by atoms with E-state index in [2.05, 4.69) is 54.2 Å². The van der Waals surface area contributed by atoms with E-state index in [4.69, 9.17) is 0 Å². The van der Waals surface area contributed by atoms with Crippen molar-refractivity contribution in [3.05, 3.63) is 71.1 Å². The van der Waals surface area contributed by atoms with Crippen molar-refractivity contribution in [1.82, 2.24) is 9.88 Å². The second-order valence-corrected chi connectivity index (χ2v) is 8.34. The lowest BCUT2D eigenvalue weighted by molar-refractivity contribution is 0.0697. The number of carbonyl (C=O) groups is 1. The molecule has 1 atom stereocenters. The first-order valence-electron chi connectivity index (χ1n) is 11.5. The summed E-state index contributed by atoms with van der Waals surface area (Å²) in [6.45, 7) is 7.11. The van der Waals surface area contributed by atoms with Crippen molar-refractivity contribution in [3.8, 4) is 0 Å². The molecule has 3 rings (SSSR count). The first-order chi connectivity index (χ1) is 15.0. The normalized spacial score (nSPS) is 15.6. The Balaban J connectivity index is 1.86. The minimum Gasteiger partial charge on any atom is -0.478 e. The smallest absolute Gasteiger partial charge is 0.339 e. The van der Waals surface area contributed by atoms with Gasteiger partial charge in [0.25, 0.3) is 0 Å². The summed E-state index contributed by atoms with van der Waals surface area (Å²) in [5.74, 6) is -0.0611. The van der Waals surface area contributed by atoms with Crippen molar-refractivity contribution in [2.24, 2.45) is 0 Å². The summed E-state index contributed by atoms with van der Waals surface area (Å²) in [6, 6.07) is 12.2. The number of anilines is 1. The molecule has 0 saturated heterocycles. The summed E-state index contributed by atoms with van der Waals surface area (Å²) in [7, 11) is 0. The van der Waals surface area contributed by atoms with Crippen LogP contribution in [0.15, 0.2) is 54.4 Å². The van der Waals surface area contributed by atoms with Crippen LogP contribution in [0.2, 0.25) is 0 Å². The number of hydrogen-bond acceptors (Lipinski definition) is 4. The number of rotatable bonds is 10. The summed E-state index contributed by atoms with van der Waals surface area (Å²) in [6.07, 6.45) is 10.5. The van der Waals surface area contributed by atoms with E-state index in [1.165, 1.54) is 24.1 Å². The highest BCUT2D eigenvalue weighted by Crippen LogP contribution is 2.35. The molecule has 31 heavy (non-hydrogen) atoms. The van der Waals surface area contributed by atoms with Crippen molar-refractivity contribution in [2.75, 3.05) is 5.32 Å². The van der Waals surface area contributed by atoms with Gasteiger partial charge in [-0.2, -0.15) is 0 Å². The zero-order valence-corrected chi connectivity index (χ0v) is 19.0. The summed E-state index contributed by atoms with van der Waals surface area (Å²) in [5, 5.41) is 13.3. The van der Waals surface area contributed by atoms with E-state index in [0.29, 0.717) is 11.7 Å². The van der Waals surface area contributed by atoms with E-state index in [9.17, 15) is 9.90 Å². The third-order valence-corrected chi connectivity index (χ3v) is 6.15. The Bertz CT molecular complexity index is 889. The van der Waals surface area contributed by atoms with Crippen LogP contribution in [-0.4, -0.2) is 27.1 Å². The fourth-order valence-corrected chi connectivity index (χ4v) is 4.48. The van der Waals surface area contributed by atoms with Gasteiger partial charge < -0.3 is 15.3 Å². The van der Waals surface area contributed by atoms with E-state index in [1.807, 2.05) is 30.5 Å². The molecule has 5 heteroatoms. The molecule has 1 aromatic carbocycles. The van der Waals surface area contributed by atoms with Crippen LogP contribution in [0.3, 0.4) is 0 Å². The van der Waals surface area contributed by atoms with Crippen molar-refractivity contribution in [1.29, 1.82) is 0 Å². The van der Waals surface area contributed by atoms with Gasteiger partial charge in [0.1, 0.15) is 11.4 Å². The van der Waals surface area contributed by atoms with Crippen molar-refractivity contribution < 1.29 is 9.90 Å². The fraction of sp³-hybridized carbons (Fsp3) is 0.462. The highest BCUT2D eigenvalue weighted by atomic mass is 16.4. The van der Waals surface area contributed by atoms with E-state index < -0.39 is 5.97 Å². The summed E-state index contributed by atoms with van der Waals surface area (Å²) < 4.78 is 0. The molecule has 0 amide bonds. The maximum absolute atomic E-state index is 12.0. The van der Waals surface area contributed by atoms with Crippen LogP contribution in [0.1, 0.15) is 86.7 Å². The molecule has 0 aliphatic heterocycles. The summed E-state index contributed by atoms with van der Waals surface area (Å²) in [4.78, 5) is 18.9. The Morgan fingerprint density at radius 1 is 1.26 bits per heavy atom. The Morgan fingerprint density at radius 2 is 1.97 bits per heavy atom. The van der Waals surface area contributed by atoms with Crippen molar-refractivity contribution in [2.45, 2.75) is 77.9 Å². The molecular weight excluding hydrogens is 386 g/mol. The van der Waals surface area contributed by atoms with Crippen LogP contribution in [0.4, 0.5) is 5.82 Å². The number of pyridine rings is 1. The topological polar surface area (TPSA) is 65.5 Å². The van der Waals surface area contributed by atoms with Crippen molar-refractivity contribution in [3.63, 3.8) is 0 Å². The highest BCUT2D eigenvalue weighted by molar-refractivity contribution is 5.93. The van der Waals surface area contributed by atoms with Gasteiger partial charge in [-0.15, -0.1) is 0 Å². The fourth-order valence-electron chi connectivity index (χ4n) is 4.48. The highest BCUT2D eigenvalue weighted by Gasteiger charge is 2.23. The SMILES string of the molecule is CC/C=C(\CC)N(Cc1ccccc1)C(C)Nc1ncc(C2CCCC2)cc1C(=O)O. The minimum absolute atomic E-state index is 0.110. The third-order valence-electron chi connectivity index (χ3n) is 6.15. The van der Waals surface area contributed by atoms with Gasteiger partial charge >= 0.3 is 5.97 Å². The quantitative estimate of drug-likeness (QED) is 0.434. The molecule has 166 valence electrons. The Kier molecular flexibility index (Phi) is 8.10. The van der Waals surface area contributed by atoms with Gasteiger partial charge in [0.05, 0.1) is 6.17 Å². The third kappa shape index (κ3) is 5.87.